The predicted octanol–water partition coefficient (Wildman–Crippen LogP) is 3.51. The van der Waals surface area contributed by atoms with Gasteiger partial charge in [0.05, 0.1) is 21.0 Å². The molecule has 1 aromatic carbocycles. The van der Waals surface area contributed by atoms with Gasteiger partial charge in [0.2, 0.25) is 0 Å². The summed E-state index contributed by atoms with van der Waals surface area (Å²) >= 11 is 1.67. The molecule has 9 heteroatoms. The molecular weight excluding hydrogens is 472 g/mol. The lowest BCUT2D eigenvalue weighted by atomic mass is 9.49. The second-order valence-corrected chi connectivity index (χ2v) is 11.6. The highest BCUT2D eigenvalue weighted by molar-refractivity contribution is 7.12. The van der Waals surface area contributed by atoms with Crippen molar-refractivity contribution in [2.75, 3.05) is 0 Å². The zero-order valence-corrected chi connectivity index (χ0v) is 20.6. The van der Waals surface area contributed by atoms with Gasteiger partial charge in [-0.25, -0.2) is 10.1 Å². The summed E-state index contributed by atoms with van der Waals surface area (Å²) in [5, 5.41) is 16.3. The number of nitrogens with one attached hydrogen (secondary N) is 3. The van der Waals surface area contributed by atoms with Crippen molar-refractivity contribution in [1.82, 2.24) is 30.7 Å². The number of fused-ring (bicyclic) bond motifs is 2. The number of H-pyrrole nitrogens is 1. The van der Waals surface area contributed by atoms with Crippen LogP contribution in [0, 0.1) is 12.3 Å². The van der Waals surface area contributed by atoms with Crippen LogP contribution in [0.4, 0.5) is 0 Å². The van der Waals surface area contributed by atoms with Crippen molar-refractivity contribution in [2.24, 2.45) is 5.41 Å². The van der Waals surface area contributed by atoms with E-state index in [1.165, 1.54) is 0 Å². The predicted molar refractivity (Wildman–Crippen MR) is 139 cm³/mol. The van der Waals surface area contributed by atoms with Crippen molar-refractivity contribution in [3.05, 3.63) is 86.6 Å². The Labute approximate surface area is 211 Å². The third-order valence-electron chi connectivity index (χ3n) is 8.02. The Morgan fingerprint density at radius 2 is 2.00 bits per heavy atom. The number of aromatic amines is 1. The van der Waals surface area contributed by atoms with E-state index in [1.807, 2.05) is 60.8 Å². The monoisotopic (exact) mass is 498 g/mol. The molecule has 0 radical (unpaired) electrons. The number of benzene rings is 1. The molecule has 1 spiro atoms. The van der Waals surface area contributed by atoms with E-state index in [-0.39, 0.29) is 29.1 Å². The fourth-order valence-electron chi connectivity index (χ4n) is 6.30. The summed E-state index contributed by atoms with van der Waals surface area (Å²) in [5.74, 6) is 0.317. The van der Waals surface area contributed by atoms with Crippen molar-refractivity contribution < 1.29 is 4.79 Å². The van der Waals surface area contributed by atoms with Gasteiger partial charge in [-0.3, -0.25) is 9.59 Å². The molecular formula is C27H26N6O2S. The number of aryl methyl sites for hydroxylation is 1. The number of carbonyl (C=O) groups excluding carboxylic acids is 1. The summed E-state index contributed by atoms with van der Waals surface area (Å²) in [6.07, 6.45) is 13.9. The summed E-state index contributed by atoms with van der Waals surface area (Å²) in [6, 6.07) is 7.89. The second-order valence-electron chi connectivity index (χ2n) is 10.4. The Morgan fingerprint density at radius 3 is 2.78 bits per heavy atom. The van der Waals surface area contributed by atoms with Crippen molar-refractivity contribution in [3.8, 4) is 0 Å². The van der Waals surface area contributed by atoms with Gasteiger partial charge in [0.1, 0.15) is 11.9 Å². The molecule has 3 N–H and O–H groups in total. The minimum Gasteiger partial charge on any atom is -0.366 e. The molecule has 4 aliphatic rings. The van der Waals surface area contributed by atoms with Gasteiger partial charge in [0.25, 0.3) is 11.5 Å². The highest BCUT2D eigenvalue weighted by atomic mass is 32.1. The van der Waals surface area contributed by atoms with Crippen LogP contribution in [-0.4, -0.2) is 38.2 Å². The molecule has 7 rings (SSSR count). The van der Waals surface area contributed by atoms with Crippen LogP contribution in [0.5, 0.6) is 0 Å². The zero-order chi connectivity index (χ0) is 24.4. The number of carbonyl (C=O) groups is 1. The Bertz CT molecular complexity index is 1530. The van der Waals surface area contributed by atoms with Crippen LogP contribution in [0.1, 0.15) is 47.2 Å². The van der Waals surface area contributed by atoms with Gasteiger partial charge in [-0.05, 0) is 61.8 Å². The zero-order valence-electron chi connectivity index (χ0n) is 19.8. The average molecular weight is 499 g/mol. The number of hydrogen-bond acceptors (Lipinski definition) is 7. The van der Waals surface area contributed by atoms with E-state index < -0.39 is 0 Å². The Hall–Kier alpha value is -3.72. The molecule has 36 heavy (non-hydrogen) atoms. The van der Waals surface area contributed by atoms with Crippen LogP contribution in [0.15, 0.2) is 65.5 Å². The molecule has 0 saturated heterocycles. The molecule has 2 aromatic heterocycles. The molecule has 2 fully saturated rings. The lowest BCUT2D eigenvalue weighted by Gasteiger charge is -2.57. The Kier molecular flexibility index (Phi) is 4.73. The number of nitrogens with zero attached hydrogens (tertiary/aromatic N) is 3. The molecule has 2 aliphatic heterocycles. The fraction of sp³-hybridized carbons (Fsp3) is 0.333. The number of allylic oxidation sites excluding steroid dienone is 2. The van der Waals surface area contributed by atoms with E-state index >= 15 is 0 Å². The summed E-state index contributed by atoms with van der Waals surface area (Å²) in [4.78, 5) is 32.6. The van der Waals surface area contributed by atoms with Gasteiger partial charge in [0.15, 0.2) is 0 Å². The number of hydrogen-bond donors (Lipinski definition) is 3. The van der Waals surface area contributed by atoms with Crippen LogP contribution in [0.2, 0.25) is 0 Å². The maximum atomic E-state index is 13.1. The van der Waals surface area contributed by atoms with Crippen molar-refractivity contribution in [1.29, 1.82) is 0 Å². The molecule has 1 unspecified atom stereocenters. The minimum absolute atomic E-state index is 0.0378. The van der Waals surface area contributed by atoms with Crippen LogP contribution < -0.4 is 16.2 Å². The molecule has 3 aromatic rings. The van der Waals surface area contributed by atoms with Gasteiger partial charge in [-0.2, -0.15) is 5.10 Å². The molecule has 1 amide bonds. The van der Waals surface area contributed by atoms with E-state index in [1.54, 1.807) is 11.3 Å². The topological polar surface area (TPSA) is 103 Å². The first-order chi connectivity index (χ1) is 17.5. The maximum absolute atomic E-state index is 13.1. The normalized spacial score (nSPS) is 28.1. The van der Waals surface area contributed by atoms with Crippen molar-refractivity contribution >= 4 is 33.6 Å². The molecule has 1 atom stereocenters. The molecule has 4 heterocycles. The van der Waals surface area contributed by atoms with Crippen LogP contribution in [0.25, 0.3) is 16.3 Å². The summed E-state index contributed by atoms with van der Waals surface area (Å²) in [6.45, 7) is 2.00. The molecule has 2 saturated carbocycles. The highest BCUT2D eigenvalue weighted by Crippen LogP contribution is 2.62. The first-order valence-electron chi connectivity index (χ1n) is 12.3. The third-order valence-corrected chi connectivity index (χ3v) is 8.99. The van der Waals surface area contributed by atoms with E-state index in [0.717, 1.165) is 52.2 Å². The van der Waals surface area contributed by atoms with E-state index in [9.17, 15) is 9.59 Å². The minimum atomic E-state index is -0.137. The second kappa shape index (κ2) is 7.89. The number of amides is 1. The van der Waals surface area contributed by atoms with Crippen molar-refractivity contribution in [3.63, 3.8) is 0 Å². The Balaban J connectivity index is 0.957. The number of thiazole rings is 1. The molecule has 0 bridgehead atoms. The fourth-order valence-corrected chi connectivity index (χ4v) is 7.09. The first-order valence-corrected chi connectivity index (χ1v) is 13.2. The maximum Gasteiger partial charge on any atom is 0.272 e. The molecule has 2 aliphatic carbocycles. The van der Waals surface area contributed by atoms with Crippen molar-refractivity contribution in [2.45, 2.75) is 50.7 Å². The standard InChI is InChI=1S/C27H26N6O2S/c1-15-28-14-22(36-15)16-6-7-33-21(13-29-23(33)8-16)26(35)30-18-11-27(12-18)9-17(10-27)24-19-4-2-3-5-20(19)25(34)32-31-24/h2-8,13-14,17-18,23,29H,9-12H2,1H3,(H,30,35)(H,32,34). The van der Waals surface area contributed by atoms with Crippen LogP contribution in [-0.2, 0) is 4.79 Å². The SMILES string of the molecule is Cc1ncc(C2=CC3NC=C(C(=O)NC4CC5(C4)CC(c4n[nH]c(=O)c6ccccc46)C5)N3C=C2)s1. The smallest absolute Gasteiger partial charge is 0.272 e. The van der Waals surface area contributed by atoms with E-state index in [0.29, 0.717) is 17.0 Å². The molecule has 8 nitrogen and oxygen atoms in total. The largest absolute Gasteiger partial charge is 0.366 e. The van der Waals surface area contributed by atoms with Gasteiger partial charge in [-0.1, -0.05) is 18.2 Å². The number of aromatic nitrogens is 3. The highest BCUT2D eigenvalue weighted by Gasteiger charge is 2.54. The van der Waals surface area contributed by atoms with Gasteiger partial charge >= 0.3 is 0 Å². The first kappa shape index (κ1) is 21.6. The van der Waals surface area contributed by atoms with Gasteiger partial charge in [-0.15, -0.1) is 11.3 Å². The summed E-state index contributed by atoms with van der Waals surface area (Å²) in [7, 11) is 0. The lowest BCUT2D eigenvalue weighted by molar-refractivity contribution is -0.122. The third kappa shape index (κ3) is 3.41. The van der Waals surface area contributed by atoms with E-state index in [4.69, 9.17) is 0 Å². The Morgan fingerprint density at radius 1 is 1.19 bits per heavy atom. The average Bonchev–Trinajstić information content (AvgIpc) is 3.46. The van der Waals surface area contributed by atoms with Gasteiger partial charge < -0.3 is 15.5 Å². The molecule has 182 valence electrons. The lowest BCUT2D eigenvalue weighted by Crippen LogP contribution is -2.56. The summed E-state index contributed by atoms with van der Waals surface area (Å²) < 4.78 is 0. The number of rotatable bonds is 4. The van der Waals surface area contributed by atoms with E-state index in [2.05, 4.69) is 31.9 Å². The van der Waals surface area contributed by atoms with Crippen LogP contribution >= 0.6 is 11.3 Å². The quantitative estimate of drug-likeness (QED) is 0.509. The van der Waals surface area contributed by atoms with Crippen LogP contribution in [0.3, 0.4) is 0 Å². The van der Waals surface area contributed by atoms with Gasteiger partial charge in [0, 0.05) is 35.9 Å². The summed E-state index contributed by atoms with van der Waals surface area (Å²) in [5.41, 5.74) is 2.90.